The molecule has 0 radical (unpaired) electrons. The van der Waals surface area contributed by atoms with E-state index < -0.39 is 0 Å². The quantitative estimate of drug-likeness (QED) is 0.317. The van der Waals surface area contributed by atoms with Gasteiger partial charge in [0, 0.05) is 10.9 Å². The van der Waals surface area contributed by atoms with Gasteiger partial charge in [0.05, 0.1) is 30.8 Å². The Balaban J connectivity index is 1.69. The van der Waals surface area contributed by atoms with E-state index in [1.165, 1.54) is 11.3 Å². The fourth-order valence-electron chi connectivity index (χ4n) is 4.89. The van der Waals surface area contributed by atoms with Crippen LogP contribution in [0.2, 0.25) is 0 Å². The number of nitrogens with one attached hydrogen (secondary N) is 1. The molecule has 35 heavy (non-hydrogen) atoms. The molecule has 7 heteroatoms. The van der Waals surface area contributed by atoms with E-state index in [-0.39, 0.29) is 11.9 Å². The van der Waals surface area contributed by atoms with Crippen LogP contribution in [-0.4, -0.2) is 38.1 Å². The van der Waals surface area contributed by atoms with Gasteiger partial charge in [-0.05, 0) is 61.5 Å². The van der Waals surface area contributed by atoms with Crippen LogP contribution in [0, 0.1) is 5.92 Å². The number of likely N-dealkylation sites (tertiary alicyclic amines) is 1. The standard InChI is InChI=1S/C28H30N2O4S/c1-18-13-15-30(16-14-18)25(20-9-6-11-22(32-2)26(20)33-3)27-24(19-8-4-5-10-21(19)34-27)29-28(31)23-12-7-17-35-23/h4-12,17-18,25H,13-16H2,1-3H3,(H,29,31)/t25-/m1/s1. The first-order valence-electron chi connectivity index (χ1n) is 11.9. The fraction of sp³-hybridized carbons (Fsp3) is 0.321. The lowest BCUT2D eigenvalue weighted by molar-refractivity contribution is 0.102. The Morgan fingerprint density at radius 1 is 1.06 bits per heavy atom. The summed E-state index contributed by atoms with van der Waals surface area (Å²) in [6.07, 6.45) is 2.19. The summed E-state index contributed by atoms with van der Waals surface area (Å²) < 4.78 is 18.0. The van der Waals surface area contributed by atoms with Gasteiger partial charge in [-0.3, -0.25) is 9.69 Å². The molecular formula is C28H30N2O4S. The average molecular weight is 491 g/mol. The Hall–Kier alpha value is -3.29. The summed E-state index contributed by atoms with van der Waals surface area (Å²) in [5.74, 6) is 2.58. The lowest BCUT2D eigenvalue weighted by atomic mass is 9.93. The topological polar surface area (TPSA) is 63.9 Å². The number of rotatable bonds is 7. The molecule has 1 N–H and O–H groups in total. The Kier molecular flexibility index (Phi) is 6.79. The summed E-state index contributed by atoms with van der Waals surface area (Å²) in [6.45, 7) is 4.13. The number of piperidine rings is 1. The van der Waals surface area contributed by atoms with Crippen LogP contribution >= 0.6 is 11.3 Å². The van der Waals surface area contributed by atoms with E-state index in [1.54, 1.807) is 14.2 Å². The molecule has 6 nitrogen and oxygen atoms in total. The molecule has 0 aliphatic carbocycles. The second-order valence-electron chi connectivity index (χ2n) is 8.97. The first-order chi connectivity index (χ1) is 17.1. The third-order valence-electron chi connectivity index (χ3n) is 6.77. The molecule has 2 aromatic carbocycles. The molecule has 0 saturated carbocycles. The number of benzene rings is 2. The summed E-state index contributed by atoms with van der Waals surface area (Å²) in [7, 11) is 3.31. The highest BCUT2D eigenvalue weighted by molar-refractivity contribution is 7.12. The van der Waals surface area contributed by atoms with Crippen LogP contribution in [0.5, 0.6) is 11.5 Å². The molecule has 1 amide bonds. The van der Waals surface area contributed by atoms with Crippen LogP contribution in [0.3, 0.4) is 0 Å². The zero-order valence-corrected chi connectivity index (χ0v) is 21.1. The molecule has 1 saturated heterocycles. The van der Waals surface area contributed by atoms with Gasteiger partial charge in [0.15, 0.2) is 17.3 Å². The molecular weight excluding hydrogens is 460 g/mol. The number of carbonyl (C=O) groups excluding carboxylic acids is 1. The van der Waals surface area contributed by atoms with Gasteiger partial charge in [0.1, 0.15) is 5.58 Å². The van der Waals surface area contributed by atoms with Crippen LogP contribution in [-0.2, 0) is 0 Å². The normalized spacial score (nSPS) is 15.7. The number of thiophene rings is 1. The lowest BCUT2D eigenvalue weighted by Crippen LogP contribution is -2.37. The van der Waals surface area contributed by atoms with Crippen molar-refractivity contribution in [3.63, 3.8) is 0 Å². The molecule has 0 spiro atoms. The molecule has 4 aromatic rings. The molecule has 0 unspecified atom stereocenters. The minimum Gasteiger partial charge on any atom is -0.493 e. The van der Waals surface area contributed by atoms with Crippen molar-refractivity contribution in [1.29, 1.82) is 0 Å². The third-order valence-corrected chi connectivity index (χ3v) is 7.63. The largest absolute Gasteiger partial charge is 0.493 e. The maximum absolute atomic E-state index is 13.2. The van der Waals surface area contributed by atoms with Gasteiger partial charge in [0.2, 0.25) is 0 Å². The number of nitrogens with zero attached hydrogens (tertiary/aromatic N) is 1. The number of methoxy groups -OCH3 is 2. The number of ether oxygens (including phenoxy) is 2. The van der Waals surface area contributed by atoms with Gasteiger partial charge in [-0.25, -0.2) is 0 Å². The first-order valence-corrected chi connectivity index (χ1v) is 12.8. The van der Waals surface area contributed by atoms with E-state index in [4.69, 9.17) is 13.9 Å². The van der Waals surface area contributed by atoms with Crippen molar-refractivity contribution in [3.05, 3.63) is 76.2 Å². The third kappa shape index (κ3) is 4.54. The SMILES string of the molecule is COc1cccc([C@H](c2oc3ccccc3c2NC(=O)c2cccs2)N2CCC(C)CC2)c1OC. The summed E-state index contributed by atoms with van der Waals surface area (Å²) in [4.78, 5) is 16.3. The van der Waals surface area contributed by atoms with Crippen LogP contribution in [0.15, 0.2) is 64.4 Å². The van der Waals surface area contributed by atoms with E-state index in [9.17, 15) is 4.79 Å². The van der Waals surface area contributed by atoms with Gasteiger partial charge in [-0.2, -0.15) is 0 Å². The fourth-order valence-corrected chi connectivity index (χ4v) is 5.51. The van der Waals surface area contributed by atoms with E-state index in [1.807, 2.05) is 53.9 Å². The van der Waals surface area contributed by atoms with Gasteiger partial charge >= 0.3 is 0 Å². The van der Waals surface area contributed by atoms with Crippen molar-refractivity contribution in [2.45, 2.75) is 25.8 Å². The number of fused-ring (bicyclic) bond motifs is 1. The van der Waals surface area contributed by atoms with E-state index in [0.717, 1.165) is 42.5 Å². The molecule has 1 aliphatic rings. The van der Waals surface area contributed by atoms with Crippen molar-refractivity contribution in [2.75, 3.05) is 32.6 Å². The molecule has 1 aliphatic heterocycles. The zero-order valence-electron chi connectivity index (χ0n) is 20.2. The van der Waals surface area contributed by atoms with Crippen molar-refractivity contribution in [2.24, 2.45) is 5.92 Å². The number of para-hydroxylation sites is 2. The number of hydrogen-bond donors (Lipinski definition) is 1. The molecule has 3 heterocycles. The van der Waals surface area contributed by atoms with Crippen molar-refractivity contribution < 1.29 is 18.7 Å². The summed E-state index contributed by atoms with van der Waals surface area (Å²) >= 11 is 1.42. The summed E-state index contributed by atoms with van der Waals surface area (Å²) in [5, 5.41) is 5.96. The van der Waals surface area contributed by atoms with Gasteiger partial charge in [-0.1, -0.05) is 37.3 Å². The summed E-state index contributed by atoms with van der Waals surface area (Å²) in [5.41, 5.74) is 2.39. The molecule has 2 aromatic heterocycles. The number of carbonyl (C=O) groups is 1. The number of anilines is 1. The summed E-state index contributed by atoms with van der Waals surface area (Å²) in [6, 6.07) is 17.2. The predicted molar refractivity (Wildman–Crippen MR) is 140 cm³/mol. The Labute approximate surface area is 209 Å². The predicted octanol–water partition coefficient (Wildman–Crippen LogP) is 6.59. The number of amides is 1. The Bertz CT molecular complexity index is 1310. The number of furan rings is 1. The second kappa shape index (κ2) is 10.1. The molecule has 0 bridgehead atoms. The smallest absolute Gasteiger partial charge is 0.265 e. The van der Waals surface area contributed by atoms with Gasteiger partial charge in [-0.15, -0.1) is 11.3 Å². The molecule has 5 rings (SSSR count). The maximum atomic E-state index is 13.2. The number of hydrogen-bond acceptors (Lipinski definition) is 6. The van der Waals surface area contributed by atoms with Crippen LogP contribution in [0.25, 0.3) is 11.0 Å². The molecule has 1 atom stereocenters. The Morgan fingerprint density at radius 3 is 2.57 bits per heavy atom. The monoisotopic (exact) mass is 490 g/mol. The maximum Gasteiger partial charge on any atom is 0.265 e. The highest BCUT2D eigenvalue weighted by atomic mass is 32.1. The van der Waals surface area contributed by atoms with E-state index in [0.29, 0.717) is 33.7 Å². The lowest BCUT2D eigenvalue weighted by Gasteiger charge is -2.37. The molecule has 182 valence electrons. The zero-order chi connectivity index (χ0) is 24.4. The van der Waals surface area contributed by atoms with E-state index >= 15 is 0 Å². The van der Waals surface area contributed by atoms with Gasteiger partial charge in [0.25, 0.3) is 5.91 Å². The highest BCUT2D eigenvalue weighted by Gasteiger charge is 2.35. The Morgan fingerprint density at radius 2 is 1.86 bits per heavy atom. The molecule has 1 fully saturated rings. The van der Waals surface area contributed by atoms with Gasteiger partial charge < -0.3 is 19.2 Å². The van der Waals surface area contributed by atoms with Crippen LogP contribution < -0.4 is 14.8 Å². The van der Waals surface area contributed by atoms with Crippen LogP contribution in [0.1, 0.15) is 46.8 Å². The van der Waals surface area contributed by atoms with Crippen molar-refractivity contribution in [1.82, 2.24) is 4.90 Å². The first kappa shape index (κ1) is 23.5. The second-order valence-corrected chi connectivity index (χ2v) is 9.92. The highest BCUT2D eigenvalue weighted by Crippen LogP contribution is 2.46. The minimum absolute atomic E-state index is 0.142. The van der Waals surface area contributed by atoms with Crippen LogP contribution in [0.4, 0.5) is 5.69 Å². The van der Waals surface area contributed by atoms with Crippen molar-refractivity contribution >= 4 is 33.9 Å². The van der Waals surface area contributed by atoms with Crippen molar-refractivity contribution in [3.8, 4) is 11.5 Å². The minimum atomic E-state index is -0.251. The van der Waals surface area contributed by atoms with E-state index in [2.05, 4.69) is 23.2 Å². The average Bonchev–Trinajstić information content (AvgIpc) is 3.54.